The van der Waals surface area contributed by atoms with E-state index in [1.807, 2.05) is 45.4 Å². The first-order valence-corrected chi connectivity index (χ1v) is 16.4. The monoisotopic (exact) mass is 614 g/mol. The van der Waals surface area contributed by atoms with Crippen LogP contribution in [0.15, 0.2) is 36.4 Å². The molecular weight excluding hydrogens is 567 g/mol. The molecule has 1 saturated heterocycles. The summed E-state index contributed by atoms with van der Waals surface area (Å²) in [6, 6.07) is 10.9. The standard InChI is InChI=1S/C23H26FNO2S.C8H15NO.C2H6.CO2/c1-28-25-23(26)18-12-6-14-20(27-16-9-2-3-10-16)22(18)17-11-5-13-19(24)21(17)15-7-4-8-15;1-8(2)4-7(5-10)9(3)6-8;1-2;2-1-3/h5-6,11-16H,2-4,7-10H2,1H3,(H,25,26);5,7H,4,6H2,1-3H3;1-2H3;/t;7-;;/m.0../s1. The molecule has 3 aliphatic rings. The van der Waals surface area contributed by atoms with Gasteiger partial charge in [-0.15, -0.1) is 0 Å². The van der Waals surface area contributed by atoms with Gasteiger partial charge in [-0.3, -0.25) is 14.4 Å². The summed E-state index contributed by atoms with van der Waals surface area (Å²) in [5.41, 5.74) is 3.12. The number of carbonyl (C=O) groups excluding carboxylic acids is 4. The summed E-state index contributed by atoms with van der Waals surface area (Å²) in [5.74, 6) is 0.538. The molecule has 0 spiro atoms. The smallest absolute Gasteiger partial charge is 0.373 e. The maximum absolute atomic E-state index is 14.9. The number of likely N-dealkylation sites (N-methyl/N-ethyl adjacent to an activating group) is 1. The summed E-state index contributed by atoms with van der Waals surface area (Å²) in [6.45, 7) is 9.44. The van der Waals surface area contributed by atoms with Crippen LogP contribution in [0.2, 0.25) is 0 Å². The lowest BCUT2D eigenvalue weighted by molar-refractivity contribution is -0.191. The summed E-state index contributed by atoms with van der Waals surface area (Å²) >= 11 is 1.26. The molecule has 9 heteroatoms. The van der Waals surface area contributed by atoms with Gasteiger partial charge in [0, 0.05) is 18.4 Å². The van der Waals surface area contributed by atoms with Crippen LogP contribution in [0, 0.1) is 11.2 Å². The Hall–Kier alpha value is -3.00. The van der Waals surface area contributed by atoms with E-state index in [1.165, 1.54) is 30.9 Å². The van der Waals surface area contributed by atoms with Crippen LogP contribution in [0.4, 0.5) is 4.39 Å². The number of ether oxygens (including phenoxy) is 1. The van der Waals surface area contributed by atoms with Crippen LogP contribution in [0.3, 0.4) is 0 Å². The molecule has 1 amide bonds. The molecule has 236 valence electrons. The van der Waals surface area contributed by atoms with Crippen molar-refractivity contribution < 1.29 is 28.3 Å². The number of hydrogen-bond donors (Lipinski definition) is 1. The van der Waals surface area contributed by atoms with Crippen molar-refractivity contribution in [2.24, 2.45) is 5.41 Å². The number of nitrogens with one attached hydrogen (secondary N) is 1. The molecule has 1 N–H and O–H groups in total. The van der Waals surface area contributed by atoms with Crippen molar-refractivity contribution in [2.45, 2.75) is 97.1 Å². The van der Waals surface area contributed by atoms with Gasteiger partial charge < -0.3 is 9.53 Å². The lowest BCUT2D eigenvalue weighted by Gasteiger charge is -2.29. The highest BCUT2D eigenvalue weighted by Gasteiger charge is 2.34. The molecule has 2 aliphatic carbocycles. The highest BCUT2D eigenvalue weighted by atomic mass is 32.2. The van der Waals surface area contributed by atoms with Crippen molar-refractivity contribution in [3.8, 4) is 16.9 Å². The van der Waals surface area contributed by atoms with Gasteiger partial charge >= 0.3 is 6.15 Å². The predicted octanol–water partition coefficient (Wildman–Crippen LogP) is 7.45. The highest BCUT2D eigenvalue weighted by molar-refractivity contribution is 7.97. The number of hydrogen-bond acceptors (Lipinski definition) is 7. The molecule has 0 unspecified atom stereocenters. The molecule has 2 saturated carbocycles. The van der Waals surface area contributed by atoms with Gasteiger partial charge in [-0.2, -0.15) is 9.59 Å². The fourth-order valence-corrected chi connectivity index (χ4v) is 6.32. The topological polar surface area (TPSA) is 92.8 Å². The summed E-state index contributed by atoms with van der Waals surface area (Å²) in [7, 11) is 2.01. The van der Waals surface area contributed by atoms with E-state index in [0.717, 1.165) is 68.0 Å². The van der Waals surface area contributed by atoms with Gasteiger partial charge in [-0.25, -0.2) is 4.39 Å². The minimum atomic E-state index is -0.186. The van der Waals surface area contributed by atoms with E-state index < -0.39 is 0 Å². The lowest BCUT2D eigenvalue weighted by Crippen LogP contribution is -2.26. The molecule has 5 rings (SSSR count). The first-order chi connectivity index (χ1) is 20.6. The molecule has 1 atom stereocenters. The third-order valence-electron chi connectivity index (χ3n) is 8.06. The number of aldehydes is 1. The molecule has 43 heavy (non-hydrogen) atoms. The van der Waals surface area contributed by atoms with Gasteiger partial charge in [0.1, 0.15) is 17.9 Å². The van der Waals surface area contributed by atoms with Gasteiger partial charge in [0.15, 0.2) is 0 Å². The van der Waals surface area contributed by atoms with Gasteiger partial charge in [0.05, 0.1) is 17.7 Å². The highest BCUT2D eigenvalue weighted by Crippen LogP contribution is 2.46. The van der Waals surface area contributed by atoms with Crippen LogP contribution in [0.1, 0.15) is 101 Å². The Labute approximate surface area is 260 Å². The number of amides is 1. The first kappa shape index (κ1) is 36.2. The maximum atomic E-state index is 14.9. The number of likely N-dealkylation sites (tertiary alicyclic amines) is 1. The van der Waals surface area contributed by atoms with Crippen LogP contribution in [0.5, 0.6) is 5.75 Å². The third-order valence-corrected chi connectivity index (χ3v) is 8.45. The number of carbonyl (C=O) groups is 2. The van der Waals surface area contributed by atoms with Crippen molar-refractivity contribution in [3.05, 3.63) is 53.3 Å². The average molecular weight is 615 g/mol. The fourth-order valence-electron chi connectivity index (χ4n) is 6.03. The third kappa shape index (κ3) is 10.0. The Morgan fingerprint density at radius 2 is 1.70 bits per heavy atom. The van der Waals surface area contributed by atoms with Gasteiger partial charge in [-0.05, 0) is 92.7 Å². The van der Waals surface area contributed by atoms with Crippen LogP contribution in [-0.4, -0.2) is 55.2 Å². The minimum absolute atomic E-state index is 0.162. The zero-order valence-electron chi connectivity index (χ0n) is 26.4. The molecular formula is C34H47FN2O5S. The van der Waals surface area contributed by atoms with E-state index in [0.29, 0.717) is 16.7 Å². The second-order valence-corrected chi connectivity index (χ2v) is 12.3. The van der Waals surface area contributed by atoms with Crippen LogP contribution < -0.4 is 9.46 Å². The molecule has 0 bridgehead atoms. The van der Waals surface area contributed by atoms with Crippen molar-refractivity contribution >= 4 is 30.3 Å². The van der Waals surface area contributed by atoms with E-state index in [4.69, 9.17) is 14.3 Å². The molecule has 1 heterocycles. The second-order valence-electron chi connectivity index (χ2n) is 11.7. The first-order valence-electron chi connectivity index (χ1n) is 15.2. The van der Waals surface area contributed by atoms with Crippen LogP contribution in [-0.2, 0) is 14.4 Å². The number of halogens is 1. The van der Waals surface area contributed by atoms with E-state index in [9.17, 15) is 14.0 Å². The van der Waals surface area contributed by atoms with Crippen LogP contribution in [0.25, 0.3) is 11.1 Å². The van der Waals surface area contributed by atoms with Gasteiger partial charge in [0.2, 0.25) is 0 Å². The summed E-state index contributed by atoms with van der Waals surface area (Å²) in [4.78, 5) is 41.6. The van der Waals surface area contributed by atoms with Crippen molar-refractivity contribution in [3.63, 3.8) is 0 Å². The molecule has 1 aliphatic heterocycles. The minimum Gasteiger partial charge on any atom is -0.490 e. The van der Waals surface area contributed by atoms with Crippen molar-refractivity contribution in [2.75, 3.05) is 19.8 Å². The Bertz CT molecular complexity index is 1220. The Morgan fingerprint density at radius 3 is 2.19 bits per heavy atom. The van der Waals surface area contributed by atoms with Gasteiger partial charge in [-0.1, -0.05) is 64.3 Å². The van der Waals surface area contributed by atoms with E-state index >= 15 is 0 Å². The summed E-state index contributed by atoms with van der Waals surface area (Å²) in [5, 5.41) is 0. The lowest BCUT2D eigenvalue weighted by atomic mass is 9.76. The zero-order valence-corrected chi connectivity index (χ0v) is 27.2. The number of benzene rings is 2. The molecule has 2 aromatic carbocycles. The molecule has 7 nitrogen and oxygen atoms in total. The van der Waals surface area contributed by atoms with E-state index in [-0.39, 0.29) is 35.9 Å². The van der Waals surface area contributed by atoms with E-state index in [2.05, 4.69) is 23.5 Å². The van der Waals surface area contributed by atoms with Crippen LogP contribution >= 0.6 is 11.9 Å². The fraction of sp³-hybridized carbons (Fsp3) is 0.559. The summed E-state index contributed by atoms with van der Waals surface area (Å²) < 4.78 is 24.0. The molecule has 2 aromatic rings. The van der Waals surface area contributed by atoms with Crippen molar-refractivity contribution in [1.29, 1.82) is 0 Å². The molecule has 0 radical (unpaired) electrons. The zero-order chi connectivity index (χ0) is 32.0. The number of rotatable bonds is 7. The summed E-state index contributed by atoms with van der Waals surface area (Å²) in [6.07, 6.45) is 11.8. The normalized spacial score (nSPS) is 19.2. The average Bonchev–Trinajstić information content (AvgIpc) is 3.56. The second kappa shape index (κ2) is 18.0. The largest absolute Gasteiger partial charge is 0.490 e. The van der Waals surface area contributed by atoms with Crippen molar-refractivity contribution in [1.82, 2.24) is 9.62 Å². The number of nitrogens with zero attached hydrogens (tertiary/aromatic N) is 1. The van der Waals surface area contributed by atoms with Gasteiger partial charge in [0.25, 0.3) is 5.91 Å². The maximum Gasteiger partial charge on any atom is 0.373 e. The Morgan fingerprint density at radius 1 is 1.07 bits per heavy atom. The Kier molecular flexibility index (Phi) is 15.1. The SMILES string of the molecule is CC.CN1CC(C)(C)C[C@H]1C=O.CSNC(=O)c1cccc(OC2CCCC2)c1-c1cccc(F)c1C1CCC1.O=C=O. The quantitative estimate of drug-likeness (QED) is 0.256. The molecule has 3 fully saturated rings. The molecule has 0 aromatic heterocycles. The Balaban J connectivity index is 0.000000358. The van der Waals surface area contributed by atoms with E-state index in [1.54, 1.807) is 12.1 Å². The predicted molar refractivity (Wildman–Crippen MR) is 170 cm³/mol.